The molecule has 0 bridgehead atoms. The minimum Gasteiger partial charge on any atom is -0.497 e. The van der Waals surface area contributed by atoms with Crippen molar-refractivity contribution in [3.63, 3.8) is 0 Å². The molecule has 194 valence electrons. The summed E-state index contributed by atoms with van der Waals surface area (Å²) in [6.07, 6.45) is 0.310. The number of methoxy groups -OCH3 is 1. The highest BCUT2D eigenvalue weighted by Crippen LogP contribution is 2.40. The molecule has 1 aliphatic rings. The Hall–Kier alpha value is -3.86. The van der Waals surface area contributed by atoms with Crippen molar-refractivity contribution in [2.75, 3.05) is 7.11 Å². The van der Waals surface area contributed by atoms with E-state index in [4.69, 9.17) is 21.1 Å². The number of amides is 2. The van der Waals surface area contributed by atoms with Crippen LogP contribution in [0.3, 0.4) is 0 Å². The van der Waals surface area contributed by atoms with Crippen molar-refractivity contribution >= 4 is 23.4 Å². The Balaban J connectivity index is 1.40. The predicted octanol–water partition coefficient (Wildman–Crippen LogP) is 5.09. The van der Waals surface area contributed by atoms with Gasteiger partial charge >= 0.3 is 6.18 Å². The van der Waals surface area contributed by atoms with E-state index in [1.54, 1.807) is 6.92 Å². The molecule has 1 saturated carbocycles. The third kappa shape index (κ3) is 6.11. The molecule has 2 aromatic heterocycles. The Labute approximate surface area is 215 Å². The zero-order valence-corrected chi connectivity index (χ0v) is 20.5. The molecule has 37 heavy (non-hydrogen) atoms. The lowest BCUT2D eigenvalue weighted by Gasteiger charge is -2.21. The summed E-state index contributed by atoms with van der Waals surface area (Å²) < 4.78 is 50.6. The van der Waals surface area contributed by atoms with E-state index in [9.17, 15) is 22.8 Å². The van der Waals surface area contributed by atoms with Crippen LogP contribution in [0.1, 0.15) is 47.4 Å². The lowest BCUT2D eigenvalue weighted by atomic mass is 10.1. The number of carbonyl (C=O) groups excluding carboxylic acids is 2. The molecule has 2 amide bonds. The fourth-order valence-electron chi connectivity index (χ4n) is 3.55. The monoisotopic (exact) mass is 534 g/mol. The molecule has 2 N–H and O–H groups in total. The fraction of sp³-hybridized carbons (Fsp3) is 0.280. The van der Waals surface area contributed by atoms with Gasteiger partial charge in [-0.1, -0.05) is 11.6 Å². The van der Waals surface area contributed by atoms with Crippen LogP contribution in [0.5, 0.6) is 17.2 Å². The summed E-state index contributed by atoms with van der Waals surface area (Å²) in [4.78, 5) is 33.5. The van der Waals surface area contributed by atoms with Crippen molar-refractivity contribution in [3.8, 4) is 17.2 Å². The Morgan fingerprint density at radius 1 is 1.08 bits per heavy atom. The third-order valence-electron chi connectivity index (χ3n) is 5.77. The first-order valence-electron chi connectivity index (χ1n) is 11.1. The standard InChI is InChI=1S/C25H22ClF3N4O4/c1-14(32-23(35)24(7-8-24)33-22(34)15-9-16(26)12-30-11-15)20-5-3-18(13-31-20)37-21-6-4-17(36-2)10-19(21)25(27,28)29/h3-6,9-14H,7-8H2,1-2H3,(H,32,35)(H,33,34). The van der Waals surface area contributed by atoms with E-state index in [1.807, 2.05) is 0 Å². The lowest BCUT2D eigenvalue weighted by molar-refractivity contribution is -0.138. The number of rotatable bonds is 8. The molecule has 0 aliphatic heterocycles. The van der Waals surface area contributed by atoms with Gasteiger partial charge in [-0.25, -0.2) is 0 Å². The van der Waals surface area contributed by atoms with Crippen molar-refractivity contribution in [2.24, 2.45) is 0 Å². The van der Waals surface area contributed by atoms with Gasteiger partial charge in [-0.05, 0) is 56.2 Å². The van der Waals surface area contributed by atoms with Crippen molar-refractivity contribution in [2.45, 2.75) is 37.5 Å². The van der Waals surface area contributed by atoms with Gasteiger partial charge in [-0.2, -0.15) is 13.2 Å². The van der Waals surface area contributed by atoms with Crippen LogP contribution < -0.4 is 20.1 Å². The van der Waals surface area contributed by atoms with Gasteiger partial charge in [0.1, 0.15) is 28.4 Å². The van der Waals surface area contributed by atoms with Crippen LogP contribution in [0, 0.1) is 0 Å². The van der Waals surface area contributed by atoms with Crippen molar-refractivity contribution in [3.05, 3.63) is 76.8 Å². The normalized spacial score (nSPS) is 14.9. The van der Waals surface area contributed by atoms with E-state index >= 15 is 0 Å². The number of alkyl halides is 3. The summed E-state index contributed by atoms with van der Waals surface area (Å²) in [5, 5.41) is 5.86. The molecule has 0 spiro atoms. The number of ether oxygens (including phenoxy) is 2. The Morgan fingerprint density at radius 3 is 2.41 bits per heavy atom. The topological polar surface area (TPSA) is 102 Å². The number of benzene rings is 1. The summed E-state index contributed by atoms with van der Waals surface area (Å²) in [6, 6.07) is 7.28. The molecule has 1 atom stereocenters. The zero-order valence-electron chi connectivity index (χ0n) is 19.7. The maximum Gasteiger partial charge on any atom is 0.420 e. The summed E-state index contributed by atoms with van der Waals surface area (Å²) in [5.74, 6) is -1.11. The highest BCUT2D eigenvalue weighted by Gasteiger charge is 2.51. The van der Waals surface area contributed by atoms with Crippen LogP contribution in [-0.2, 0) is 11.0 Å². The first-order valence-corrected chi connectivity index (χ1v) is 11.5. The first kappa shape index (κ1) is 26.2. The van der Waals surface area contributed by atoms with Crippen LogP contribution in [-0.4, -0.2) is 34.4 Å². The van der Waals surface area contributed by atoms with Crippen LogP contribution in [0.15, 0.2) is 55.0 Å². The van der Waals surface area contributed by atoms with E-state index in [-0.39, 0.29) is 23.0 Å². The molecule has 8 nitrogen and oxygen atoms in total. The summed E-state index contributed by atoms with van der Waals surface area (Å²) in [5.41, 5.74) is -1.34. The van der Waals surface area contributed by atoms with Crippen molar-refractivity contribution in [1.29, 1.82) is 0 Å². The number of halogens is 4. The van der Waals surface area contributed by atoms with E-state index < -0.39 is 35.0 Å². The smallest absolute Gasteiger partial charge is 0.420 e. The summed E-state index contributed by atoms with van der Waals surface area (Å²) in [6.45, 7) is 1.70. The van der Waals surface area contributed by atoms with Crippen molar-refractivity contribution in [1.82, 2.24) is 20.6 Å². The number of carbonyl (C=O) groups is 2. The average Bonchev–Trinajstić information content (AvgIpc) is 3.64. The molecular weight excluding hydrogens is 513 g/mol. The van der Waals surface area contributed by atoms with Crippen LogP contribution in [0.2, 0.25) is 5.02 Å². The number of aromatic nitrogens is 2. The number of pyridine rings is 2. The summed E-state index contributed by atoms with van der Waals surface area (Å²) >= 11 is 5.88. The van der Waals surface area contributed by atoms with Gasteiger partial charge in [0.2, 0.25) is 5.91 Å². The van der Waals surface area contributed by atoms with Gasteiger partial charge in [0.25, 0.3) is 5.91 Å². The number of nitrogens with one attached hydrogen (secondary N) is 2. The maximum absolute atomic E-state index is 13.4. The molecule has 3 aromatic rings. The zero-order chi connectivity index (χ0) is 26.8. The second kappa shape index (κ2) is 10.3. The highest BCUT2D eigenvalue weighted by molar-refractivity contribution is 6.30. The highest BCUT2D eigenvalue weighted by atomic mass is 35.5. The molecule has 0 saturated heterocycles. The van der Waals surface area contributed by atoms with E-state index in [2.05, 4.69) is 20.6 Å². The second-order valence-electron chi connectivity index (χ2n) is 8.50. The molecule has 1 aliphatic carbocycles. The van der Waals surface area contributed by atoms with Crippen LogP contribution >= 0.6 is 11.6 Å². The van der Waals surface area contributed by atoms with Gasteiger partial charge in [0, 0.05) is 12.4 Å². The Morgan fingerprint density at radius 2 is 1.81 bits per heavy atom. The molecule has 2 heterocycles. The maximum atomic E-state index is 13.4. The number of hydrogen-bond acceptors (Lipinski definition) is 6. The van der Waals surface area contributed by atoms with Gasteiger partial charge in [-0.3, -0.25) is 19.6 Å². The van der Waals surface area contributed by atoms with E-state index in [0.29, 0.717) is 23.6 Å². The average molecular weight is 535 g/mol. The Kier molecular flexibility index (Phi) is 7.26. The van der Waals surface area contributed by atoms with Gasteiger partial charge in [0.15, 0.2) is 0 Å². The minimum absolute atomic E-state index is 0.0478. The van der Waals surface area contributed by atoms with Crippen molar-refractivity contribution < 1.29 is 32.2 Å². The lowest BCUT2D eigenvalue weighted by Crippen LogP contribution is -2.49. The first-order chi connectivity index (χ1) is 17.5. The molecule has 12 heteroatoms. The molecule has 1 unspecified atom stereocenters. The number of hydrogen-bond donors (Lipinski definition) is 2. The molecular formula is C25H22ClF3N4O4. The van der Waals surface area contributed by atoms with E-state index in [1.165, 1.54) is 56.0 Å². The van der Waals surface area contributed by atoms with Crippen LogP contribution in [0.25, 0.3) is 0 Å². The molecule has 4 rings (SSSR count). The van der Waals surface area contributed by atoms with E-state index in [0.717, 1.165) is 6.07 Å². The molecule has 1 fully saturated rings. The SMILES string of the molecule is COc1ccc(Oc2ccc(C(C)NC(=O)C3(NC(=O)c4cncc(Cl)c4)CC3)nc2)c(C(F)(F)F)c1. The van der Waals surface area contributed by atoms with Crippen LogP contribution in [0.4, 0.5) is 13.2 Å². The number of nitrogens with zero attached hydrogens (tertiary/aromatic N) is 2. The largest absolute Gasteiger partial charge is 0.497 e. The second-order valence-corrected chi connectivity index (χ2v) is 8.94. The third-order valence-corrected chi connectivity index (χ3v) is 5.98. The minimum atomic E-state index is -4.65. The van der Waals surface area contributed by atoms with Gasteiger partial charge in [0.05, 0.1) is 35.6 Å². The van der Waals surface area contributed by atoms with Gasteiger partial charge in [-0.15, -0.1) is 0 Å². The molecule has 1 aromatic carbocycles. The fourth-order valence-corrected chi connectivity index (χ4v) is 3.72. The quantitative estimate of drug-likeness (QED) is 0.417. The summed E-state index contributed by atoms with van der Waals surface area (Å²) in [7, 11) is 1.27. The van der Waals surface area contributed by atoms with Gasteiger partial charge < -0.3 is 20.1 Å². The molecule has 0 radical (unpaired) electrons. The Bertz CT molecular complexity index is 1310. The predicted molar refractivity (Wildman–Crippen MR) is 128 cm³/mol.